The van der Waals surface area contributed by atoms with Gasteiger partial charge in [0.15, 0.2) is 0 Å². The van der Waals surface area contributed by atoms with Gasteiger partial charge in [0.2, 0.25) is 5.95 Å². The molecule has 1 saturated heterocycles. The normalized spacial score (nSPS) is 17.0. The van der Waals surface area contributed by atoms with Gasteiger partial charge in [0.1, 0.15) is 11.6 Å². The van der Waals surface area contributed by atoms with Gasteiger partial charge in [-0.1, -0.05) is 49.4 Å². The van der Waals surface area contributed by atoms with E-state index >= 15 is 0 Å². The van der Waals surface area contributed by atoms with Gasteiger partial charge in [0, 0.05) is 24.7 Å². The summed E-state index contributed by atoms with van der Waals surface area (Å²) in [6, 6.07) is 18.5. The molecule has 1 atom stereocenters. The van der Waals surface area contributed by atoms with Crippen molar-refractivity contribution in [2.45, 2.75) is 19.8 Å². The van der Waals surface area contributed by atoms with Crippen LogP contribution in [0.25, 0.3) is 11.3 Å². The van der Waals surface area contributed by atoms with E-state index in [2.05, 4.69) is 17.1 Å². The highest BCUT2D eigenvalue weighted by atomic mass is 19.1. The van der Waals surface area contributed by atoms with E-state index in [0.717, 1.165) is 30.8 Å². The first-order valence-electron chi connectivity index (χ1n) is 9.40. The van der Waals surface area contributed by atoms with Gasteiger partial charge in [0.05, 0.1) is 11.4 Å². The lowest BCUT2D eigenvalue weighted by atomic mass is 10.0. The Morgan fingerprint density at radius 2 is 1.81 bits per heavy atom. The third-order valence-corrected chi connectivity index (χ3v) is 4.86. The molecule has 0 aliphatic carbocycles. The van der Waals surface area contributed by atoms with E-state index in [1.54, 1.807) is 18.2 Å². The van der Waals surface area contributed by atoms with Crippen LogP contribution in [0.3, 0.4) is 0 Å². The molecule has 4 rings (SSSR count). The minimum atomic E-state index is -0.300. The zero-order valence-corrected chi connectivity index (χ0v) is 15.4. The van der Waals surface area contributed by atoms with E-state index in [-0.39, 0.29) is 5.82 Å². The predicted octanol–water partition coefficient (Wildman–Crippen LogP) is 5.26. The van der Waals surface area contributed by atoms with Crippen molar-refractivity contribution in [3.63, 3.8) is 0 Å². The summed E-state index contributed by atoms with van der Waals surface area (Å²) in [7, 11) is 0. The number of para-hydroxylation sites is 1. The summed E-state index contributed by atoms with van der Waals surface area (Å²) in [5, 5.41) is 3.12. The molecule has 4 nitrogen and oxygen atoms in total. The second-order valence-corrected chi connectivity index (χ2v) is 7.10. The Morgan fingerprint density at radius 1 is 1.04 bits per heavy atom. The smallest absolute Gasteiger partial charge is 0.227 e. The number of rotatable bonds is 4. The molecule has 1 aliphatic heterocycles. The monoisotopic (exact) mass is 362 g/mol. The van der Waals surface area contributed by atoms with Crippen LogP contribution in [-0.4, -0.2) is 23.1 Å². The lowest BCUT2D eigenvalue weighted by Gasteiger charge is -2.31. The third-order valence-electron chi connectivity index (χ3n) is 4.86. The Morgan fingerprint density at radius 3 is 2.59 bits per heavy atom. The molecular formula is C22H23FN4. The van der Waals surface area contributed by atoms with Crippen LogP contribution < -0.4 is 10.2 Å². The lowest BCUT2D eigenvalue weighted by molar-refractivity contribution is 0.442. The minimum Gasteiger partial charge on any atom is -0.340 e. The van der Waals surface area contributed by atoms with Crippen molar-refractivity contribution in [1.82, 2.24) is 9.97 Å². The van der Waals surface area contributed by atoms with Crippen molar-refractivity contribution in [2.24, 2.45) is 5.92 Å². The molecule has 1 aromatic heterocycles. The molecule has 2 aromatic carbocycles. The third kappa shape index (κ3) is 4.08. The number of hydrogen-bond donors (Lipinski definition) is 1. The van der Waals surface area contributed by atoms with E-state index in [0.29, 0.717) is 23.4 Å². The van der Waals surface area contributed by atoms with Gasteiger partial charge >= 0.3 is 0 Å². The number of anilines is 3. The van der Waals surface area contributed by atoms with Gasteiger partial charge in [-0.05, 0) is 30.9 Å². The van der Waals surface area contributed by atoms with Gasteiger partial charge < -0.3 is 10.2 Å². The molecule has 1 fully saturated rings. The highest BCUT2D eigenvalue weighted by molar-refractivity contribution is 5.67. The Kier molecular flexibility index (Phi) is 5.01. The van der Waals surface area contributed by atoms with E-state index in [1.807, 2.05) is 36.4 Å². The molecule has 1 N–H and O–H groups in total. The topological polar surface area (TPSA) is 41.1 Å². The number of halogens is 1. The molecule has 138 valence electrons. The Bertz CT molecular complexity index is 913. The van der Waals surface area contributed by atoms with Crippen molar-refractivity contribution in [3.05, 3.63) is 66.5 Å². The molecule has 2 heterocycles. The van der Waals surface area contributed by atoms with Crippen LogP contribution in [0.15, 0.2) is 60.7 Å². The van der Waals surface area contributed by atoms with E-state index in [9.17, 15) is 4.39 Å². The number of aromatic nitrogens is 2. The summed E-state index contributed by atoms with van der Waals surface area (Å²) < 4.78 is 14.1. The largest absolute Gasteiger partial charge is 0.340 e. The Balaban J connectivity index is 1.73. The van der Waals surface area contributed by atoms with Gasteiger partial charge in [-0.25, -0.2) is 9.37 Å². The van der Waals surface area contributed by atoms with Crippen LogP contribution in [0.4, 0.5) is 21.8 Å². The summed E-state index contributed by atoms with van der Waals surface area (Å²) in [5.41, 5.74) is 2.26. The van der Waals surface area contributed by atoms with Crippen LogP contribution in [0.2, 0.25) is 0 Å². The molecule has 3 aromatic rings. The average molecular weight is 362 g/mol. The Labute approximate surface area is 159 Å². The molecule has 1 unspecified atom stereocenters. The Hall–Kier alpha value is -2.95. The number of nitrogens with zero attached hydrogens (tertiary/aromatic N) is 3. The highest BCUT2D eigenvalue weighted by Gasteiger charge is 2.20. The van der Waals surface area contributed by atoms with Crippen molar-refractivity contribution < 1.29 is 4.39 Å². The fourth-order valence-electron chi connectivity index (χ4n) is 3.47. The van der Waals surface area contributed by atoms with Gasteiger partial charge in [0.25, 0.3) is 0 Å². The summed E-state index contributed by atoms with van der Waals surface area (Å²) in [6.45, 7) is 4.14. The first-order chi connectivity index (χ1) is 13.2. The first-order valence-corrected chi connectivity index (χ1v) is 9.40. The fraction of sp³-hybridized carbons (Fsp3) is 0.273. The SMILES string of the molecule is CC1CCCN(c2nc(Nc3ccccc3F)cc(-c3ccccc3)n2)C1. The molecular weight excluding hydrogens is 339 g/mol. The molecule has 0 bridgehead atoms. The standard InChI is InChI=1S/C22H23FN4/c1-16-8-7-13-27(15-16)22-25-20(17-9-3-2-4-10-17)14-21(26-22)24-19-12-6-5-11-18(19)23/h2-6,9-12,14,16H,7-8,13,15H2,1H3,(H,24,25,26). The maximum atomic E-state index is 14.1. The average Bonchev–Trinajstić information content (AvgIpc) is 2.70. The number of hydrogen-bond acceptors (Lipinski definition) is 4. The minimum absolute atomic E-state index is 0.300. The van der Waals surface area contributed by atoms with Gasteiger partial charge in [-0.15, -0.1) is 0 Å². The van der Waals surface area contributed by atoms with Crippen LogP contribution in [-0.2, 0) is 0 Å². The van der Waals surface area contributed by atoms with Gasteiger partial charge in [-0.2, -0.15) is 4.98 Å². The summed E-state index contributed by atoms with van der Waals surface area (Å²) >= 11 is 0. The molecule has 5 heteroatoms. The fourth-order valence-corrected chi connectivity index (χ4v) is 3.47. The van der Waals surface area contributed by atoms with Crippen molar-refractivity contribution >= 4 is 17.5 Å². The van der Waals surface area contributed by atoms with E-state index in [4.69, 9.17) is 9.97 Å². The van der Waals surface area contributed by atoms with Crippen molar-refractivity contribution in [2.75, 3.05) is 23.3 Å². The molecule has 0 saturated carbocycles. The molecule has 0 radical (unpaired) electrons. The lowest BCUT2D eigenvalue weighted by Crippen LogP contribution is -2.35. The number of nitrogens with one attached hydrogen (secondary N) is 1. The summed E-state index contributed by atoms with van der Waals surface area (Å²) in [6.07, 6.45) is 2.37. The first kappa shape index (κ1) is 17.5. The number of benzene rings is 2. The maximum absolute atomic E-state index is 14.1. The summed E-state index contributed by atoms with van der Waals surface area (Å²) in [5.74, 6) is 1.61. The van der Waals surface area contributed by atoms with Gasteiger partial charge in [-0.3, -0.25) is 0 Å². The number of piperidine rings is 1. The van der Waals surface area contributed by atoms with Crippen LogP contribution in [0.1, 0.15) is 19.8 Å². The molecule has 27 heavy (non-hydrogen) atoms. The highest BCUT2D eigenvalue weighted by Crippen LogP contribution is 2.27. The van der Waals surface area contributed by atoms with Crippen LogP contribution in [0.5, 0.6) is 0 Å². The second kappa shape index (κ2) is 7.74. The molecule has 1 aliphatic rings. The van der Waals surface area contributed by atoms with E-state index in [1.165, 1.54) is 12.5 Å². The van der Waals surface area contributed by atoms with Crippen LogP contribution in [0, 0.1) is 11.7 Å². The second-order valence-electron chi connectivity index (χ2n) is 7.10. The van der Waals surface area contributed by atoms with Crippen molar-refractivity contribution in [1.29, 1.82) is 0 Å². The zero-order chi connectivity index (χ0) is 18.6. The maximum Gasteiger partial charge on any atom is 0.227 e. The zero-order valence-electron chi connectivity index (χ0n) is 15.4. The van der Waals surface area contributed by atoms with Crippen LogP contribution >= 0.6 is 0 Å². The van der Waals surface area contributed by atoms with E-state index < -0.39 is 0 Å². The summed E-state index contributed by atoms with van der Waals surface area (Å²) in [4.78, 5) is 11.7. The molecule has 0 spiro atoms. The molecule has 0 amide bonds. The predicted molar refractivity (Wildman–Crippen MR) is 108 cm³/mol. The van der Waals surface area contributed by atoms with Crippen molar-refractivity contribution in [3.8, 4) is 11.3 Å². The quantitative estimate of drug-likeness (QED) is 0.687.